The van der Waals surface area contributed by atoms with Crippen LogP contribution in [-0.2, 0) is 6.61 Å². The molecule has 90 valence electrons. The van der Waals surface area contributed by atoms with Gasteiger partial charge in [0.2, 0.25) is 0 Å². The molecule has 1 rings (SSSR count). The highest BCUT2D eigenvalue weighted by Gasteiger charge is 2.10. The van der Waals surface area contributed by atoms with Gasteiger partial charge in [0.1, 0.15) is 26.6 Å². The quantitative estimate of drug-likeness (QED) is 0.780. The number of alkyl halides is 2. The van der Waals surface area contributed by atoms with Crippen LogP contribution in [-0.4, -0.2) is 31.7 Å². The molecule has 0 aliphatic rings. The third-order valence-electron chi connectivity index (χ3n) is 1.89. The van der Waals surface area contributed by atoms with Gasteiger partial charge in [-0.1, -0.05) is 12.1 Å². The smallest absolute Gasteiger partial charge is 0.166 e. The van der Waals surface area contributed by atoms with Crippen LogP contribution in [0.2, 0.25) is 0 Å². The molecule has 0 atom stereocenters. The number of aliphatic hydroxyl groups is 1. The molecule has 0 bridgehead atoms. The van der Waals surface area contributed by atoms with Crippen molar-refractivity contribution in [1.82, 2.24) is 0 Å². The molecule has 0 radical (unpaired) electrons. The summed E-state index contributed by atoms with van der Waals surface area (Å²) in [4.78, 5) is 0. The Balaban J connectivity index is 2.86. The van der Waals surface area contributed by atoms with E-state index in [-0.39, 0.29) is 25.6 Å². The van der Waals surface area contributed by atoms with E-state index >= 15 is 0 Å². The molecule has 0 amide bonds. The van der Waals surface area contributed by atoms with Gasteiger partial charge in [-0.2, -0.15) is 0 Å². The second-order valence-electron chi connectivity index (χ2n) is 2.98. The lowest BCUT2D eigenvalue weighted by Crippen LogP contribution is -2.06. The molecule has 0 saturated carbocycles. The average molecular weight is 232 g/mol. The molecule has 0 fully saturated rings. The van der Waals surface area contributed by atoms with Crippen molar-refractivity contribution in [3.8, 4) is 11.5 Å². The van der Waals surface area contributed by atoms with Crippen molar-refractivity contribution in [2.24, 2.45) is 0 Å². The van der Waals surface area contributed by atoms with E-state index in [1.54, 1.807) is 18.2 Å². The lowest BCUT2D eigenvalue weighted by atomic mass is 10.2. The first-order valence-corrected chi connectivity index (χ1v) is 4.93. The summed E-state index contributed by atoms with van der Waals surface area (Å²) in [7, 11) is 0. The van der Waals surface area contributed by atoms with Crippen LogP contribution < -0.4 is 9.47 Å². The Bertz CT molecular complexity index is 318. The van der Waals surface area contributed by atoms with Crippen molar-refractivity contribution in [2.75, 3.05) is 26.6 Å². The Hall–Kier alpha value is -1.36. The maximum absolute atomic E-state index is 12.0. The molecule has 0 saturated heterocycles. The van der Waals surface area contributed by atoms with E-state index in [4.69, 9.17) is 14.6 Å². The summed E-state index contributed by atoms with van der Waals surface area (Å²) in [5.41, 5.74) is 0.491. The first kappa shape index (κ1) is 12.7. The van der Waals surface area contributed by atoms with Crippen molar-refractivity contribution in [2.45, 2.75) is 6.61 Å². The Labute approximate surface area is 92.6 Å². The van der Waals surface area contributed by atoms with Crippen molar-refractivity contribution in [3.63, 3.8) is 0 Å². The molecule has 5 heteroatoms. The van der Waals surface area contributed by atoms with Crippen molar-refractivity contribution < 1.29 is 23.4 Å². The Morgan fingerprint density at radius 1 is 1.06 bits per heavy atom. The summed E-state index contributed by atoms with van der Waals surface area (Å²) in [5, 5.41) is 9.06. The van der Waals surface area contributed by atoms with Gasteiger partial charge in [-0.25, -0.2) is 8.78 Å². The Morgan fingerprint density at radius 2 is 1.75 bits per heavy atom. The van der Waals surface area contributed by atoms with Crippen molar-refractivity contribution in [3.05, 3.63) is 23.8 Å². The molecule has 16 heavy (non-hydrogen) atoms. The van der Waals surface area contributed by atoms with E-state index in [1.807, 2.05) is 0 Å². The number of aliphatic hydroxyl groups excluding tert-OH is 1. The van der Waals surface area contributed by atoms with E-state index in [1.165, 1.54) is 0 Å². The van der Waals surface area contributed by atoms with Crippen LogP contribution in [0.1, 0.15) is 5.56 Å². The van der Waals surface area contributed by atoms with Gasteiger partial charge in [-0.05, 0) is 6.07 Å². The van der Waals surface area contributed by atoms with E-state index in [0.717, 1.165) is 0 Å². The molecule has 3 nitrogen and oxygen atoms in total. The average Bonchev–Trinajstić information content (AvgIpc) is 2.33. The number of hydrogen-bond donors (Lipinski definition) is 1. The molecule has 0 aliphatic heterocycles. The molecule has 1 N–H and O–H groups in total. The first-order valence-electron chi connectivity index (χ1n) is 4.93. The van der Waals surface area contributed by atoms with Crippen LogP contribution in [0.4, 0.5) is 8.78 Å². The van der Waals surface area contributed by atoms with Crippen LogP contribution >= 0.6 is 0 Å². The second kappa shape index (κ2) is 7.00. The summed E-state index contributed by atoms with van der Waals surface area (Å²) in [5.74, 6) is 0.591. The predicted molar refractivity (Wildman–Crippen MR) is 55.3 cm³/mol. The molecule has 0 spiro atoms. The highest BCUT2D eigenvalue weighted by atomic mass is 19.1. The second-order valence-corrected chi connectivity index (χ2v) is 2.98. The third kappa shape index (κ3) is 3.34. The molecular formula is C11H14F2O3. The van der Waals surface area contributed by atoms with Gasteiger partial charge in [0.05, 0.1) is 6.61 Å². The zero-order chi connectivity index (χ0) is 11.8. The van der Waals surface area contributed by atoms with Crippen LogP contribution in [0.5, 0.6) is 11.5 Å². The molecule has 1 aromatic carbocycles. The standard InChI is InChI=1S/C11H14F2O3/c12-4-6-15-10-3-1-2-9(8-14)11(10)16-7-5-13/h1-3,14H,4-8H2. The number of halogens is 2. The summed E-state index contributed by atoms with van der Waals surface area (Å²) >= 11 is 0. The SMILES string of the molecule is OCc1cccc(OCCF)c1OCCF. The highest BCUT2D eigenvalue weighted by Crippen LogP contribution is 2.31. The fourth-order valence-electron chi connectivity index (χ4n) is 1.25. The summed E-state index contributed by atoms with van der Waals surface area (Å²) in [6, 6.07) is 4.87. The van der Waals surface area contributed by atoms with Crippen LogP contribution in [0.15, 0.2) is 18.2 Å². The fraction of sp³-hybridized carbons (Fsp3) is 0.455. The molecule has 0 aliphatic carbocycles. The van der Waals surface area contributed by atoms with Gasteiger partial charge >= 0.3 is 0 Å². The highest BCUT2D eigenvalue weighted by molar-refractivity contribution is 5.46. The van der Waals surface area contributed by atoms with Crippen LogP contribution in [0.25, 0.3) is 0 Å². The summed E-state index contributed by atoms with van der Waals surface area (Å²) in [6.45, 7) is -1.72. The molecule has 1 aromatic rings. The molecule has 0 heterocycles. The van der Waals surface area contributed by atoms with E-state index in [9.17, 15) is 8.78 Å². The van der Waals surface area contributed by atoms with E-state index < -0.39 is 13.3 Å². The molecule has 0 unspecified atom stereocenters. The summed E-state index contributed by atoms with van der Waals surface area (Å²) < 4.78 is 34.2. The van der Waals surface area contributed by atoms with Gasteiger partial charge in [0, 0.05) is 5.56 Å². The van der Waals surface area contributed by atoms with Gasteiger partial charge in [0.15, 0.2) is 11.5 Å². The van der Waals surface area contributed by atoms with Gasteiger partial charge in [-0.3, -0.25) is 0 Å². The number of ether oxygens (including phenoxy) is 2. The lowest BCUT2D eigenvalue weighted by molar-refractivity contribution is 0.223. The maximum atomic E-state index is 12.0. The van der Waals surface area contributed by atoms with Gasteiger partial charge in [-0.15, -0.1) is 0 Å². The minimum absolute atomic E-state index is 0.0964. The van der Waals surface area contributed by atoms with E-state index in [0.29, 0.717) is 11.3 Å². The Morgan fingerprint density at radius 3 is 2.38 bits per heavy atom. The fourth-order valence-corrected chi connectivity index (χ4v) is 1.25. The first-order chi connectivity index (χ1) is 7.83. The van der Waals surface area contributed by atoms with Crippen molar-refractivity contribution in [1.29, 1.82) is 0 Å². The van der Waals surface area contributed by atoms with Gasteiger partial charge < -0.3 is 14.6 Å². The molecular weight excluding hydrogens is 218 g/mol. The third-order valence-corrected chi connectivity index (χ3v) is 1.89. The topological polar surface area (TPSA) is 38.7 Å². The zero-order valence-electron chi connectivity index (χ0n) is 8.79. The maximum Gasteiger partial charge on any atom is 0.166 e. The van der Waals surface area contributed by atoms with Gasteiger partial charge in [0.25, 0.3) is 0 Å². The number of benzene rings is 1. The predicted octanol–water partition coefficient (Wildman–Crippen LogP) is 1.88. The van der Waals surface area contributed by atoms with E-state index in [2.05, 4.69) is 0 Å². The summed E-state index contributed by atoms with van der Waals surface area (Å²) in [6.07, 6.45) is 0. The zero-order valence-corrected chi connectivity index (χ0v) is 8.79. The monoisotopic (exact) mass is 232 g/mol. The van der Waals surface area contributed by atoms with Crippen molar-refractivity contribution >= 4 is 0 Å². The number of rotatable bonds is 7. The molecule has 0 aromatic heterocycles. The van der Waals surface area contributed by atoms with Crippen LogP contribution in [0.3, 0.4) is 0 Å². The minimum atomic E-state index is -0.637. The number of hydrogen-bond acceptors (Lipinski definition) is 3. The normalized spacial score (nSPS) is 10.2. The number of para-hydroxylation sites is 1. The lowest BCUT2D eigenvalue weighted by Gasteiger charge is -2.14. The Kier molecular flexibility index (Phi) is 5.56. The van der Waals surface area contributed by atoms with Crippen LogP contribution in [0, 0.1) is 0 Å². The largest absolute Gasteiger partial charge is 0.487 e. The minimum Gasteiger partial charge on any atom is -0.487 e.